The molecule has 0 aromatic rings. The van der Waals surface area contributed by atoms with Crippen LogP contribution in [0.1, 0.15) is 47.5 Å². The van der Waals surface area contributed by atoms with Crippen LogP contribution in [0.4, 0.5) is 0 Å². The molecule has 1 nitrogen and oxygen atoms in total. The van der Waals surface area contributed by atoms with Crippen molar-refractivity contribution in [3.8, 4) is 0 Å². The zero-order chi connectivity index (χ0) is 17.8. The quantitative estimate of drug-likeness (QED) is 0.341. The predicted molar refractivity (Wildman–Crippen MR) is 108 cm³/mol. The van der Waals surface area contributed by atoms with Gasteiger partial charge in [0.25, 0.3) is 0 Å². The minimum atomic E-state index is -1.62. The zero-order valence-corrected chi connectivity index (χ0v) is 18.9. The molecule has 1 unspecified atom stereocenters. The Kier molecular flexibility index (Phi) is 8.07. The van der Waals surface area contributed by atoms with E-state index in [0.717, 1.165) is 12.1 Å². The fourth-order valence-electron chi connectivity index (χ4n) is 2.50. The van der Waals surface area contributed by atoms with Crippen LogP contribution in [0.3, 0.4) is 0 Å². The van der Waals surface area contributed by atoms with Gasteiger partial charge in [-0.2, -0.15) is 0 Å². The molecule has 0 aliphatic rings. The largest absolute Gasteiger partial charge is 0.413 e. The van der Waals surface area contributed by atoms with Crippen LogP contribution in [-0.4, -0.2) is 23.0 Å². The summed E-state index contributed by atoms with van der Waals surface area (Å²) in [6.45, 7) is 28.3. The molecule has 0 radical (unpaired) electrons. The minimum absolute atomic E-state index is 0.289. The van der Waals surface area contributed by atoms with Gasteiger partial charge in [0, 0.05) is 0 Å². The Morgan fingerprint density at radius 3 is 1.95 bits per heavy atom. The van der Waals surface area contributed by atoms with E-state index < -0.39 is 16.4 Å². The lowest BCUT2D eigenvalue weighted by Gasteiger charge is -2.35. The van der Waals surface area contributed by atoms with Crippen molar-refractivity contribution in [2.45, 2.75) is 90.8 Å². The van der Waals surface area contributed by atoms with E-state index in [1.54, 1.807) is 0 Å². The number of hydrogen-bond acceptors (Lipinski definition) is 1. The van der Waals surface area contributed by atoms with Crippen molar-refractivity contribution in [2.24, 2.45) is 0 Å². The van der Waals surface area contributed by atoms with Gasteiger partial charge in [0.1, 0.15) is 0 Å². The van der Waals surface area contributed by atoms with Gasteiger partial charge in [-0.25, -0.2) is 0 Å². The summed E-state index contributed by atoms with van der Waals surface area (Å²) in [4.78, 5) is 0. The Bertz CT molecular complexity index is 395. The average Bonchev–Trinajstić information content (AvgIpc) is 2.24. The van der Waals surface area contributed by atoms with Gasteiger partial charge in [-0.3, -0.25) is 0 Å². The third-order valence-electron chi connectivity index (χ3n) is 5.15. The van der Waals surface area contributed by atoms with Gasteiger partial charge in [0.15, 0.2) is 8.32 Å². The van der Waals surface area contributed by atoms with Gasteiger partial charge in [-0.15, -0.1) is 6.58 Å². The average molecular weight is 341 g/mol. The van der Waals surface area contributed by atoms with Crippen molar-refractivity contribution in [1.82, 2.24) is 0 Å². The Labute approximate surface area is 142 Å². The molecule has 0 fully saturated rings. The SMILES string of the molecule is C=C(C)C(CC/C(C)=C/CO[Si](C)(C)C(C)(C)C)[Si](C)(C)C. The van der Waals surface area contributed by atoms with E-state index in [1.165, 1.54) is 24.0 Å². The summed E-state index contributed by atoms with van der Waals surface area (Å²) in [6, 6.07) is 0. The first-order chi connectivity index (χ1) is 9.68. The summed E-state index contributed by atoms with van der Waals surface area (Å²) in [7, 11) is -2.77. The summed E-state index contributed by atoms with van der Waals surface area (Å²) < 4.78 is 6.24. The molecule has 0 N–H and O–H groups in total. The van der Waals surface area contributed by atoms with E-state index >= 15 is 0 Å². The van der Waals surface area contributed by atoms with Gasteiger partial charge >= 0.3 is 0 Å². The molecular weight excluding hydrogens is 300 g/mol. The second-order valence-electron chi connectivity index (χ2n) is 9.43. The Morgan fingerprint density at radius 2 is 1.59 bits per heavy atom. The first kappa shape index (κ1) is 21.9. The van der Waals surface area contributed by atoms with Gasteiger partial charge in [-0.1, -0.05) is 57.6 Å². The highest BCUT2D eigenvalue weighted by Gasteiger charge is 2.36. The summed E-state index contributed by atoms with van der Waals surface area (Å²) >= 11 is 0. The maximum Gasteiger partial charge on any atom is 0.192 e. The lowest BCUT2D eigenvalue weighted by Crippen LogP contribution is -2.40. The van der Waals surface area contributed by atoms with Crippen molar-refractivity contribution in [1.29, 1.82) is 0 Å². The zero-order valence-electron chi connectivity index (χ0n) is 16.9. The molecule has 0 spiro atoms. The molecule has 0 amide bonds. The molecule has 0 aromatic heterocycles. The van der Waals surface area contributed by atoms with Crippen molar-refractivity contribution >= 4 is 16.4 Å². The molecule has 130 valence electrons. The molecule has 0 aliphatic heterocycles. The highest BCUT2D eigenvalue weighted by Crippen LogP contribution is 2.37. The van der Waals surface area contributed by atoms with E-state index in [2.05, 4.69) is 80.0 Å². The lowest BCUT2D eigenvalue weighted by molar-refractivity contribution is 0.327. The van der Waals surface area contributed by atoms with Crippen LogP contribution in [0.25, 0.3) is 0 Å². The molecule has 0 aliphatic carbocycles. The highest BCUT2D eigenvalue weighted by molar-refractivity contribution is 6.78. The molecule has 0 saturated heterocycles. The number of rotatable bonds is 8. The van der Waals surface area contributed by atoms with Crippen LogP contribution in [0.2, 0.25) is 43.3 Å². The minimum Gasteiger partial charge on any atom is -0.413 e. The Balaban J connectivity index is 4.50. The second-order valence-corrected chi connectivity index (χ2v) is 19.7. The fourth-order valence-corrected chi connectivity index (χ4v) is 5.92. The molecule has 22 heavy (non-hydrogen) atoms. The van der Waals surface area contributed by atoms with Gasteiger partial charge in [-0.05, 0) is 50.4 Å². The number of allylic oxidation sites excluding steroid dienone is 2. The van der Waals surface area contributed by atoms with Gasteiger partial charge in [0.05, 0.1) is 14.7 Å². The van der Waals surface area contributed by atoms with Crippen LogP contribution in [0.5, 0.6) is 0 Å². The maximum atomic E-state index is 6.24. The summed E-state index contributed by atoms with van der Waals surface area (Å²) in [5, 5.41) is 0.289. The Hall–Kier alpha value is -0.126. The molecule has 0 rings (SSSR count). The normalized spacial score (nSPS) is 15.8. The second kappa shape index (κ2) is 8.12. The van der Waals surface area contributed by atoms with Crippen LogP contribution >= 0.6 is 0 Å². The molecule has 0 aromatic carbocycles. The first-order valence-corrected chi connectivity index (χ1v) is 15.1. The van der Waals surface area contributed by atoms with Crippen molar-refractivity contribution in [3.63, 3.8) is 0 Å². The van der Waals surface area contributed by atoms with E-state index in [1.807, 2.05) is 0 Å². The van der Waals surface area contributed by atoms with Crippen molar-refractivity contribution < 1.29 is 4.43 Å². The number of hydrogen-bond donors (Lipinski definition) is 0. The summed E-state index contributed by atoms with van der Waals surface area (Å²) in [5.74, 6) is 0. The van der Waals surface area contributed by atoms with E-state index in [0.29, 0.717) is 0 Å². The smallest absolute Gasteiger partial charge is 0.192 e. The van der Waals surface area contributed by atoms with E-state index in [-0.39, 0.29) is 5.04 Å². The van der Waals surface area contributed by atoms with Crippen LogP contribution in [-0.2, 0) is 4.43 Å². The molecule has 1 atom stereocenters. The van der Waals surface area contributed by atoms with E-state index in [4.69, 9.17) is 4.43 Å². The molecule has 0 saturated carbocycles. The van der Waals surface area contributed by atoms with Gasteiger partial charge in [0.2, 0.25) is 0 Å². The topological polar surface area (TPSA) is 9.23 Å². The monoisotopic (exact) mass is 340 g/mol. The molecule has 3 heteroatoms. The van der Waals surface area contributed by atoms with Gasteiger partial charge < -0.3 is 4.43 Å². The maximum absolute atomic E-state index is 6.24. The third kappa shape index (κ3) is 7.43. The van der Waals surface area contributed by atoms with Crippen molar-refractivity contribution in [2.75, 3.05) is 6.61 Å². The van der Waals surface area contributed by atoms with E-state index in [9.17, 15) is 0 Å². The molecule has 0 heterocycles. The summed E-state index contributed by atoms with van der Waals surface area (Å²) in [5.41, 5.74) is 3.55. The third-order valence-corrected chi connectivity index (χ3v) is 12.5. The van der Waals surface area contributed by atoms with Crippen molar-refractivity contribution in [3.05, 3.63) is 23.8 Å². The van der Waals surface area contributed by atoms with Crippen LogP contribution < -0.4 is 0 Å². The lowest BCUT2D eigenvalue weighted by atomic mass is 10.1. The predicted octanol–water partition coefficient (Wildman–Crippen LogP) is 7.02. The first-order valence-electron chi connectivity index (χ1n) is 8.63. The highest BCUT2D eigenvalue weighted by atomic mass is 28.4. The Morgan fingerprint density at radius 1 is 1.09 bits per heavy atom. The van der Waals surface area contributed by atoms with Crippen LogP contribution in [0, 0.1) is 0 Å². The molecular formula is C19H40OSi2. The fraction of sp³-hybridized carbons (Fsp3) is 0.789. The molecule has 0 bridgehead atoms. The van der Waals surface area contributed by atoms with Crippen LogP contribution in [0.15, 0.2) is 23.8 Å². The standard InChI is InChI=1S/C19H40OSi2/c1-16(2)18(21(7,8)9)13-12-17(3)14-15-20-22(10,11)19(4,5)6/h14,18H,1,12-13,15H2,2-11H3/b17-14+. The summed E-state index contributed by atoms with van der Waals surface area (Å²) in [6.07, 6.45) is 4.70.